The minimum atomic E-state index is -0.660. The van der Waals surface area contributed by atoms with Gasteiger partial charge in [0.25, 0.3) is 5.91 Å². The fraction of sp³-hybridized carbons (Fsp3) is 0.444. The van der Waals surface area contributed by atoms with Crippen LogP contribution in [0.25, 0.3) is 6.08 Å². The number of nitro groups is 1. The quantitative estimate of drug-likeness (QED) is 0.448. The van der Waals surface area contributed by atoms with E-state index in [9.17, 15) is 14.9 Å². The molecule has 4 rings (SSSR count). The van der Waals surface area contributed by atoms with Crippen molar-refractivity contribution in [2.75, 3.05) is 0 Å². The number of thioether (sulfide) groups is 1. The second-order valence-corrected chi connectivity index (χ2v) is 8.03. The molecular weight excluding hydrogens is 382 g/mol. The molecule has 0 saturated heterocycles. The van der Waals surface area contributed by atoms with E-state index >= 15 is 0 Å². The van der Waals surface area contributed by atoms with E-state index in [0.717, 1.165) is 23.8 Å². The fourth-order valence-electron chi connectivity index (χ4n) is 3.60. The van der Waals surface area contributed by atoms with Gasteiger partial charge in [-0.25, -0.2) is 0 Å². The van der Waals surface area contributed by atoms with Crippen LogP contribution in [0.3, 0.4) is 0 Å². The predicted octanol–water partition coefficient (Wildman–Crippen LogP) is 4.17. The van der Waals surface area contributed by atoms with Crippen molar-refractivity contribution < 1.29 is 14.1 Å². The van der Waals surface area contributed by atoms with Crippen LogP contribution >= 0.6 is 11.8 Å². The van der Waals surface area contributed by atoms with Crippen molar-refractivity contribution in [3.05, 3.63) is 33.6 Å². The summed E-state index contributed by atoms with van der Waals surface area (Å²) in [6.07, 6.45) is 9.60. The van der Waals surface area contributed by atoms with Crippen molar-refractivity contribution in [2.24, 2.45) is 16.0 Å². The van der Waals surface area contributed by atoms with Gasteiger partial charge in [-0.2, -0.15) is 15.1 Å². The number of furan rings is 1. The van der Waals surface area contributed by atoms with E-state index < -0.39 is 16.7 Å². The molecule has 1 fully saturated rings. The normalized spacial score (nSPS) is 21.7. The molecule has 1 N–H and O–H groups in total. The minimum Gasteiger partial charge on any atom is -0.401 e. The molecule has 28 heavy (non-hydrogen) atoms. The first-order valence-electron chi connectivity index (χ1n) is 9.24. The number of hydrogen-bond donors (Lipinski definition) is 1. The summed E-state index contributed by atoms with van der Waals surface area (Å²) >= 11 is 1.33. The van der Waals surface area contributed by atoms with Crippen LogP contribution in [0, 0.1) is 21.4 Å². The first-order chi connectivity index (χ1) is 13.5. The average Bonchev–Trinajstić information content (AvgIpc) is 3.31. The molecule has 2 aliphatic heterocycles. The molecule has 10 heteroatoms. The zero-order valence-corrected chi connectivity index (χ0v) is 15.9. The van der Waals surface area contributed by atoms with E-state index in [1.165, 1.54) is 67.1 Å². The molecular formula is C18H19N5O4S. The minimum absolute atomic E-state index is 0.00845. The maximum atomic E-state index is 12.3. The monoisotopic (exact) mass is 401 g/mol. The van der Waals surface area contributed by atoms with E-state index in [0.29, 0.717) is 5.17 Å². The number of carbonyl (C=O) groups is 1. The average molecular weight is 401 g/mol. The highest BCUT2D eigenvalue weighted by molar-refractivity contribution is 8.26. The Balaban J connectivity index is 1.48. The first kappa shape index (κ1) is 18.6. The SMILES string of the molecule is N=C1C(=Cc2ccc([N+](=O)[O-])o2)C(=O)N=C2SC(CCC3CCCCC3)=NN12. The van der Waals surface area contributed by atoms with Crippen LogP contribution in [0.1, 0.15) is 50.7 Å². The Kier molecular flexibility index (Phi) is 5.12. The smallest absolute Gasteiger partial charge is 0.401 e. The molecule has 0 radical (unpaired) electrons. The summed E-state index contributed by atoms with van der Waals surface area (Å²) < 4.78 is 5.05. The highest BCUT2D eigenvalue weighted by atomic mass is 32.2. The Bertz CT molecular complexity index is 926. The molecule has 1 aliphatic carbocycles. The summed E-state index contributed by atoms with van der Waals surface area (Å²) in [6.45, 7) is 0. The maximum absolute atomic E-state index is 12.3. The predicted molar refractivity (Wildman–Crippen MR) is 106 cm³/mol. The number of hydrogen-bond acceptors (Lipinski definition) is 7. The maximum Gasteiger partial charge on any atom is 0.433 e. The Morgan fingerprint density at radius 1 is 1.36 bits per heavy atom. The Morgan fingerprint density at radius 2 is 2.14 bits per heavy atom. The second kappa shape index (κ2) is 7.70. The lowest BCUT2D eigenvalue weighted by Gasteiger charge is -2.20. The molecule has 0 atom stereocenters. The first-order valence-corrected chi connectivity index (χ1v) is 10.1. The van der Waals surface area contributed by atoms with E-state index in [1.54, 1.807) is 0 Å². The number of carbonyl (C=O) groups excluding carboxylic acids is 1. The van der Waals surface area contributed by atoms with Gasteiger partial charge in [-0.05, 0) is 42.7 Å². The largest absolute Gasteiger partial charge is 0.433 e. The van der Waals surface area contributed by atoms with Crippen molar-refractivity contribution >= 4 is 45.7 Å². The molecule has 0 bridgehead atoms. The summed E-state index contributed by atoms with van der Waals surface area (Å²) in [5.74, 6) is -0.263. The van der Waals surface area contributed by atoms with Crippen molar-refractivity contribution in [3.63, 3.8) is 0 Å². The summed E-state index contributed by atoms with van der Waals surface area (Å²) in [4.78, 5) is 26.4. The van der Waals surface area contributed by atoms with Crippen LogP contribution in [0.4, 0.5) is 5.88 Å². The van der Waals surface area contributed by atoms with E-state index in [1.807, 2.05) is 0 Å². The van der Waals surface area contributed by atoms with Gasteiger partial charge in [0.2, 0.25) is 5.17 Å². The molecule has 9 nitrogen and oxygen atoms in total. The lowest BCUT2D eigenvalue weighted by molar-refractivity contribution is -0.402. The van der Waals surface area contributed by atoms with Gasteiger partial charge in [0, 0.05) is 0 Å². The van der Waals surface area contributed by atoms with Crippen molar-refractivity contribution in [3.8, 4) is 0 Å². The fourth-order valence-corrected chi connectivity index (χ4v) is 4.50. The van der Waals surface area contributed by atoms with Gasteiger partial charge in [0.05, 0.1) is 11.6 Å². The van der Waals surface area contributed by atoms with Gasteiger partial charge in [-0.15, -0.1) is 0 Å². The standard InChI is InChI=1S/C18H19N5O4S/c19-16-13(10-12-7-9-15(27-12)23(25)26)17(24)20-18-22(16)21-14(28-18)8-6-11-4-2-1-3-5-11/h7,9-11,19H,1-6,8H2. The van der Waals surface area contributed by atoms with Gasteiger partial charge < -0.3 is 4.42 Å². The summed E-state index contributed by atoms with van der Waals surface area (Å²) in [6, 6.07) is 2.58. The molecule has 1 aromatic rings. The summed E-state index contributed by atoms with van der Waals surface area (Å²) in [5.41, 5.74) is -0.00845. The number of aliphatic imine (C=N–C) groups is 1. The van der Waals surface area contributed by atoms with Crippen molar-refractivity contribution in [1.82, 2.24) is 5.01 Å². The van der Waals surface area contributed by atoms with Crippen LogP contribution in [0.5, 0.6) is 0 Å². The topological polar surface area (TPSA) is 125 Å². The number of hydrazone groups is 1. The highest BCUT2D eigenvalue weighted by Crippen LogP contribution is 2.33. The Labute approximate surface area is 165 Å². The molecule has 0 aromatic carbocycles. The second-order valence-electron chi connectivity index (χ2n) is 6.99. The molecule has 0 unspecified atom stereocenters. The molecule has 1 aromatic heterocycles. The molecule has 0 spiro atoms. The zero-order chi connectivity index (χ0) is 19.7. The number of rotatable bonds is 5. The van der Waals surface area contributed by atoms with Gasteiger partial charge >= 0.3 is 5.88 Å². The van der Waals surface area contributed by atoms with Crippen LogP contribution in [-0.2, 0) is 4.79 Å². The Hall–Kier alpha value is -2.75. The van der Waals surface area contributed by atoms with E-state index in [2.05, 4.69) is 10.1 Å². The molecule has 1 saturated carbocycles. The van der Waals surface area contributed by atoms with Crippen LogP contribution in [0.2, 0.25) is 0 Å². The van der Waals surface area contributed by atoms with E-state index in [-0.39, 0.29) is 17.2 Å². The summed E-state index contributed by atoms with van der Waals surface area (Å²) in [7, 11) is 0. The van der Waals surface area contributed by atoms with Crippen molar-refractivity contribution in [2.45, 2.75) is 44.9 Å². The van der Waals surface area contributed by atoms with Crippen LogP contribution in [-0.4, -0.2) is 31.9 Å². The number of amidine groups is 2. The van der Waals surface area contributed by atoms with Crippen LogP contribution in [0.15, 0.2) is 32.2 Å². The number of fused-ring (bicyclic) bond motifs is 1. The third kappa shape index (κ3) is 3.77. The number of nitrogens with zero attached hydrogens (tertiary/aromatic N) is 4. The van der Waals surface area contributed by atoms with Gasteiger partial charge in [0.1, 0.15) is 15.7 Å². The zero-order valence-electron chi connectivity index (χ0n) is 15.1. The lowest BCUT2D eigenvalue weighted by Crippen LogP contribution is -2.35. The highest BCUT2D eigenvalue weighted by Gasteiger charge is 2.36. The lowest BCUT2D eigenvalue weighted by atomic mass is 9.86. The van der Waals surface area contributed by atoms with Crippen molar-refractivity contribution in [1.29, 1.82) is 5.41 Å². The third-order valence-electron chi connectivity index (χ3n) is 5.07. The number of nitrogens with one attached hydrogen (secondary N) is 1. The molecule has 3 heterocycles. The number of amides is 1. The third-order valence-corrected chi connectivity index (χ3v) is 6.03. The molecule has 146 valence electrons. The summed E-state index contributed by atoms with van der Waals surface area (Å²) in [5, 5.41) is 26.1. The molecule has 3 aliphatic rings. The van der Waals surface area contributed by atoms with E-state index in [4.69, 9.17) is 9.83 Å². The Morgan fingerprint density at radius 3 is 2.86 bits per heavy atom. The van der Waals surface area contributed by atoms with Crippen LogP contribution < -0.4 is 0 Å². The van der Waals surface area contributed by atoms with Gasteiger partial charge in [0.15, 0.2) is 5.84 Å². The van der Waals surface area contributed by atoms with Gasteiger partial charge in [-0.3, -0.25) is 20.3 Å². The van der Waals surface area contributed by atoms with Gasteiger partial charge in [-0.1, -0.05) is 32.1 Å². The molecule has 1 amide bonds.